The monoisotopic (exact) mass is 386 g/mol. The minimum atomic E-state index is -0.434. The lowest BCUT2D eigenvalue weighted by Gasteiger charge is -2.65. The first-order chi connectivity index (χ1) is 13.3. The van der Waals surface area contributed by atoms with Crippen molar-refractivity contribution < 1.29 is 19.1 Å². The minimum Gasteiger partial charge on any atom is -0.389 e. The maximum atomic E-state index is 13.6. The summed E-state index contributed by atoms with van der Waals surface area (Å²) in [5.74, 6) is 0.457. The van der Waals surface area contributed by atoms with Crippen molar-refractivity contribution in [2.45, 2.75) is 50.0 Å². The molecular formula is C22H27FN2O3. The van der Waals surface area contributed by atoms with E-state index in [1.54, 1.807) is 4.90 Å². The zero-order chi connectivity index (χ0) is 19.7. The number of aliphatic hydroxyl groups is 1. The molecule has 5 fully saturated rings. The highest BCUT2D eigenvalue weighted by molar-refractivity contribution is 5.82. The van der Waals surface area contributed by atoms with E-state index in [9.17, 15) is 19.1 Å². The highest BCUT2D eigenvalue weighted by Gasteiger charge is 2.64. The Hall–Kier alpha value is -1.95. The number of nitrogens with two attached hydrogens (primary N) is 1. The van der Waals surface area contributed by atoms with Crippen molar-refractivity contribution in [3.05, 3.63) is 35.6 Å². The van der Waals surface area contributed by atoms with Crippen LogP contribution >= 0.6 is 0 Å². The van der Waals surface area contributed by atoms with E-state index in [1.807, 2.05) is 12.1 Å². The number of hydrogen-bond donors (Lipinski definition) is 2. The molecule has 28 heavy (non-hydrogen) atoms. The van der Waals surface area contributed by atoms with Gasteiger partial charge in [-0.2, -0.15) is 0 Å². The van der Waals surface area contributed by atoms with Crippen molar-refractivity contribution in [2.24, 2.45) is 28.9 Å². The van der Waals surface area contributed by atoms with Gasteiger partial charge in [0, 0.05) is 30.3 Å². The van der Waals surface area contributed by atoms with E-state index in [4.69, 9.17) is 5.73 Å². The van der Waals surface area contributed by atoms with Gasteiger partial charge in [0.2, 0.25) is 11.8 Å². The van der Waals surface area contributed by atoms with Crippen LogP contribution in [0.3, 0.4) is 0 Å². The van der Waals surface area contributed by atoms with Gasteiger partial charge in [0.15, 0.2) is 0 Å². The lowest BCUT2D eigenvalue weighted by atomic mass is 9.39. The van der Waals surface area contributed by atoms with E-state index in [0.717, 1.165) is 37.7 Å². The maximum Gasteiger partial charge on any atom is 0.223 e. The third kappa shape index (κ3) is 2.46. The number of aliphatic hydroxyl groups excluding tert-OH is 1. The van der Waals surface area contributed by atoms with E-state index < -0.39 is 11.5 Å². The number of β-amino-alcohol motifs (C(OH)–C–C–N with tert-alkyl or cyclic N) is 1. The van der Waals surface area contributed by atoms with E-state index in [-0.39, 0.29) is 34.9 Å². The first-order valence-corrected chi connectivity index (χ1v) is 10.3. The number of carbonyl (C=O) groups excluding carboxylic acids is 2. The molecule has 1 heterocycles. The third-order valence-corrected chi connectivity index (χ3v) is 8.21. The molecule has 5 nitrogen and oxygen atoms in total. The Morgan fingerprint density at radius 3 is 2.25 bits per heavy atom. The Labute approximate surface area is 164 Å². The zero-order valence-corrected chi connectivity index (χ0v) is 15.9. The molecule has 0 radical (unpaired) electrons. The molecule has 6 heteroatoms. The number of primary amides is 1. The van der Waals surface area contributed by atoms with Gasteiger partial charge in [-0.3, -0.25) is 9.59 Å². The van der Waals surface area contributed by atoms with E-state index in [1.165, 1.54) is 12.1 Å². The van der Waals surface area contributed by atoms with Crippen molar-refractivity contribution in [3.8, 4) is 0 Å². The Balaban J connectivity index is 1.55. The summed E-state index contributed by atoms with van der Waals surface area (Å²) in [7, 11) is 0. The summed E-state index contributed by atoms with van der Waals surface area (Å²) in [4.78, 5) is 27.1. The maximum absolute atomic E-state index is 13.6. The number of likely N-dealkylation sites (tertiary alicyclic amines) is 1. The predicted octanol–water partition coefficient (Wildman–Crippen LogP) is 1.97. The summed E-state index contributed by atoms with van der Waals surface area (Å²) >= 11 is 0. The van der Waals surface area contributed by atoms with Gasteiger partial charge < -0.3 is 15.7 Å². The van der Waals surface area contributed by atoms with Gasteiger partial charge in [-0.15, -0.1) is 0 Å². The zero-order valence-electron chi connectivity index (χ0n) is 15.9. The fourth-order valence-electron chi connectivity index (χ4n) is 7.04. The third-order valence-electron chi connectivity index (χ3n) is 8.21. The van der Waals surface area contributed by atoms with Crippen LogP contribution in [0.25, 0.3) is 0 Å². The highest BCUT2D eigenvalue weighted by atomic mass is 19.1. The molecule has 2 amide bonds. The minimum absolute atomic E-state index is 0.0511. The van der Waals surface area contributed by atoms with Crippen LogP contribution in [0.4, 0.5) is 4.39 Å². The lowest BCUT2D eigenvalue weighted by molar-refractivity contribution is -0.162. The van der Waals surface area contributed by atoms with Crippen LogP contribution in [0.1, 0.15) is 44.1 Å². The van der Waals surface area contributed by atoms with Gasteiger partial charge in [-0.1, -0.05) is 12.1 Å². The standard InChI is InChI=1S/C22H27FN2O3/c23-17-3-1-14(2-4-17)22(10-19(27)25-11-18(26)12-25)15-5-13-6-16(22)9-21(7-13,8-15)20(24)28/h1-4,13,15-16,18,26H,5-12H2,(H2,24,28). The molecule has 2 atom stereocenters. The van der Waals surface area contributed by atoms with Crippen LogP contribution in [0.5, 0.6) is 0 Å². The number of halogens is 1. The molecule has 0 spiro atoms. The average Bonchev–Trinajstić information content (AvgIpc) is 2.62. The second-order valence-corrected chi connectivity index (χ2v) is 9.66. The predicted molar refractivity (Wildman–Crippen MR) is 100 cm³/mol. The second kappa shape index (κ2) is 6.02. The highest BCUT2D eigenvalue weighted by Crippen LogP contribution is 2.68. The van der Waals surface area contributed by atoms with Gasteiger partial charge in [-0.25, -0.2) is 4.39 Å². The first-order valence-electron chi connectivity index (χ1n) is 10.3. The molecule has 1 aliphatic heterocycles. The molecular weight excluding hydrogens is 359 g/mol. The molecule has 4 saturated carbocycles. The second-order valence-electron chi connectivity index (χ2n) is 9.66. The Morgan fingerprint density at radius 1 is 1.11 bits per heavy atom. The van der Waals surface area contributed by atoms with Crippen LogP contribution in [0.15, 0.2) is 24.3 Å². The topological polar surface area (TPSA) is 83.6 Å². The SMILES string of the molecule is NC(=O)C12CC3CC(C1)C(CC(=O)N1CC(O)C1)(c1ccc(F)cc1)C(C3)C2. The van der Waals surface area contributed by atoms with Crippen molar-refractivity contribution in [1.82, 2.24) is 4.90 Å². The largest absolute Gasteiger partial charge is 0.389 e. The van der Waals surface area contributed by atoms with Gasteiger partial charge in [0.1, 0.15) is 5.82 Å². The fraction of sp³-hybridized carbons (Fsp3) is 0.636. The van der Waals surface area contributed by atoms with E-state index >= 15 is 0 Å². The van der Waals surface area contributed by atoms with Gasteiger partial charge in [-0.05, 0) is 67.6 Å². The van der Waals surface area contributed by atoms with Crippen LogP contribution in [0.2, 0.25) is 0 Å². The number of carbonyl (C=O) groups is 2. The summed E-state index contributed by atoms with van der Waals surface area (Å²) in [5, 5.41) is 9.59. The average molecular weight is 386 g/mol. The summed E-state index contributed by atoms with van der Waals surface area (Å²) < 4.78 is 13.6. The van der Waals surface area contributed by atoms with Crippen LogP contribution < -0.4 is 5.73 Å². The molecule has 150 valence electrons. The van der Waals surface area contributed by atoms with Crippen LogP contribution in [-0.4, -0.2) is 41.0 Å². The number of nitrogens with zero attached hydrogens (tertiary/aromatic N) is 1. The van der Waals surface area contributed by atoms with Gasteiger partial charge >= 0.3 is 0 Å². The normalized spacial score (nSPS) is 39.1. The smallest absolute Gasteiger partial charge is 0.223 e. The Morgan fingerprint density at radius 2 is 1.71 bits per heavy atom. The number of benzene rings is 1. The van der Waals surface area contributed by atoms with Crippen molar-refractivity contribution in [1.29, 1.82) is 0 Å². The van der Waals surface area contributed by atoms with Crippen LogP contribution in [0, 0.1) is 29.0 Å². The Bertz CT molecular complexity index is 802. The lowest BCUT2D eigenvalue weighted by Crippen LogP contribution is -2.64. The number of rotatable bonds is 4. The molecule has 4 bridgehead atoms. The molecule has 5 aliphatic rings. The number of hydrogen-bond acceptors (Lipinski definition) is 3. The molecule has 2 unspecified atom stereocenters. The van der Waals surface area contributed by atoms with Crippen molar-refractivity contribution in [3.63, 3.8) is 0 Å². The molecule has 4 aliphatic carbocycles. The van der Waals surface area contributed by atoms with E-state index in [2.05, 4.69) is 0 Å². The van der Waals surface area contributed by atoms with Gasteiger partial charge in [0.25, 0.3) is 0 Å². The van der Waals surface area contributed by atoms with Crippen molar-refractivity contribution >= 4 is 11.8 Å². The summed E-state index contributed by atoms with van der Waals surface area (Å²) in [6, 6.07) is 6.60. The van der Waals surface area contributed by atoms with Gasteiger partial charge in [0.05, 0.1) is 6.10 Å². The molecule has 0 aromatic heterocycles. The molecule has 3 N–H and O–H groups in total. The number of amides is 2. The summed E-state index contributed by atoms with van der Waals surface area (Å²) in [5.41, 5.74) is 6.05. The molecule has 1 aromatic carbocycles. The van der Waals surface area contributed by atoms with Crippen LogP contribution in [-0.2, 0) is 15.0 Å². The summed E-state index contributed by atoms with van der Waals surface area (Å²) in [6.45, 7) is 0.781. The fourth-order valence-corrected chi connectivity index (χ4v) is 7.04. The quantitative estimate of drug-likeness (QED) is 0.830. The first kappa shape index (κ1) is 18.1. The molecule has 1 aromatic rings. The Kier molecular flexibility index (Phi) is 3.89. The molecule has 1 saturated heterocycles. The van der Waals surface area contributed by atoms with Crippen molar-refractivity contribution in [2.75, 3.05) is 13.1 Å². The summed E-state index contributed by atoms with van der Waals surface area (Å²) in [6.07, 6.45) is 4.26. The van der Waals surface area contributed by atoms with E-state index in [0.29, 0.717) is 25.4 Å². The molecule has 6 rings (SSSR count).